The van der Waals surface area contributed by atoms with Crippen LogP contribution in [0.25, 0.3) is 0 Å². The molecule has 0 radical (unpaired) electrons. The van der Waals surface area contributed by atoms with Crippen LogP contribution in [-0.4, -0.2) is 10.2 Å². The Hall–Kier alpha value is -1.96. The number of para-hydroxylation sites is 1. The average molecular weight is 242 g/mol. The molecule has 0 aromatic heterocycles. The maximum atomic E-state index is 10.1. The summed E-state index contributed by atoms with van der Waals surface area (Å²) >= 11 is 0. The van der Waals surface area contributed by atoms with Crippen molar-refractivity contribution in [3.05, 3.63) is 59.7 Å². The number of rotatable bonds is 3. The van der Waals surface area contributed by atoms with E-state index in [1.807, 2.05) is 36.4 Å². The molecule has 0 bridgehead atoms. The molecule has 0 amide bonds. The molecule has 18 heavy (non-hydrogen) atoms. The van der Waals surface area contributed by atoms with E-state index in [4.69, 9.17) is 0 Å². The summed E-state index contributed by atoms with van der Waals surface area (Å²) in [6.07, 6.45) is 0.841. The monoisotopic (exact) mass is 242 g/mol. The smallest absolute Gasteiger partial charge is 0.161 e. The van der Waals surface area contributed by atoms with E-state index in [2.05, 4.69) is 13.8 Å². The highest BCUT2D eigenvalue weighted by Gasteiger charge is 2.30. The van der Waals surface area contributed by atoms with Gasteiger partial charge in [0.25, 0.3) is 0 Å². The predicted octanol–water partition coefficient (Wildman–Crippen LogP) is 3.81. The van der Waals surface area contributed by atoms with Crippen LogP contribution in [0.2, 0.25) is 0 Å². The molecule has 2 heteroatoms. The molecule has 1 atom stereocenters. The van der Waals surface area contributed by atoms with Gasteiger partial charge in [-0.3, -0.25) is 0 Å². The van der Waals surface area contributed by atoms with Crippen LogP contribution in [-0.2, 0) is 5.41 Å². The van der Waals surface area contributed by atoms with Gasteiger partial charge in [0.15, 0.2) is 11.5 Å². The molecule has 2 N–H and O–H groups in total. The Morgan fingerprint density at radius 1 is 0.944 bits per heavy atom. The van der Waals surface area contributed by atoms with Gasteiger partial charge < -0.3 is 10.2 Å². The molecule has 0 aliphatic heterocycles. The number of hydrogen-bond donors (Lipinski definition) is 2. The molecule has 0 spiro atoms. The molecular formula is C16H18O2. The van der Waals surface area contributed by atoms with Crippen LogP contribution in [0.4, 0.5) is 0 Å². The topological polar surface area (TPSA) is 40.5 Å². The second-order valence-corrected chi connectivity index (χ2v) is 4.72. The number of aromatic hydroxyl groups is 2. The molecule has 1 unspecified atom stereocenters. The summed E-state index contributed by atoms with van der Waals surface area (Å²) in [4.78, 5) is 0. The normalized spacial score (nSPS) is 14.1. The first-order chi connectivity index (χ1) is 8.59. The predicted molar refractivity (Wildman–Crippen MR) is 73.0 cm³/mol. The molecule has 2 aromatic rings. The van der Waals surface area contributed by atoms with E-state index in [1.165, 1.54) is 6.07 Å². The maximum absolute atomic E-state index is 10.1. The first kappa shape index (κ1) is 12.5. The highest BCUT2D eigenvalue weighted by molar-refractivity contribution is 5.52. The first-order valence-corrected chi connectivity index (χ1v) is 6.16. The van der Waals surface area contributed by atoms with Gasteiger partial charge in [-0.25, -0.2) is 0 Å². The van der Waals surface area contributed by atoms with E-state index in [9.17, 15) is 10.2 Å². The average Bonchev–Trinajstić information content (AvgIpc) is 2.42. The van der Waals surface area contributed by atoms with Crippen molar-refractivity contribution in [2.75, 3.05) is 0 Å². The van der Waals surface area contributed by atoms with Gasteiger partial charge in [-0.05, 0) is 18.1 Å². The maximum Gasteiger partial charge on any atom is 0.161 e. The Morgan fingerprint density at radius 2 is 1.61 bits per heavy atom. The SMILES string of the molecule is CCC(C)(c1ccccc1)c1cccc(O)c1O. The molecule has 94 valence electrons. The highest BCUT2D eigenvalue weighted by Crippen LogP contribution is 2.42. The zero-order chi connectivity index (χ0) is 13.2. The summed E-state index contributed by atoms with van der Waals surface area (Å²) in [5.41, 5.74) is 1.59. The van der Waals surface area contributed by atoms with Gasteiger partial charge in [-0.2, -0.15) is 0 Å². The number of benzene rings is 2. The Balaban J connectivity index is 2.61. The van der Waals surface area contributed by atoms with E-state index < -0.39 is 0 Å². The summed E-state index contributed by atoms with van der Waals surface area (Å²) in [5, 5.41) is 19.7. The summed E-state index contributed by atoms with van der Waals surface area (Å²) in [6.45, 7) is 4.16. The van der Waals surface area contributed by atoms with Crippen LogP contribution in [0.15, 0.2) is 48.5 Å². The molecule has 2 rings (SSSR count). The fourth-order valence-electron chi connectivity index (χ4n) is 2.33. The van der Waals surface area contributed by atoms with Crippen molar-refractivity contribution in [1.82, 2.24) is 0 Å². The summed E-state index contributed by atoms with van der Waals surface area (Å²) < 4.78 is 0. The Bertz CT molecular complexity index is 534. The molecule has 0 aliphatic rings. The van der Waals surface area contributed by atoms with Crippen molar-refractivity contribution in [2.45, 2.75) is 25.7 Å². The third kappa shape index (κ3) is 1.94. The molecule has 2 nitrogen and oxygen atoms in total. The van der Waals surface area contributed by atoms with Gasteiger partial charge in [0.1, 0.15) is 0 Å². The fraction of sp³-hybridized carbons (Fsp3) is 0.250. The molecular weight excluding hydrogens is 224 g/mol. The fourth-order valence-corrected chi connectivity index (χ4v) is 2.33. The van der Waals surface area contributed by atoms with Crippen LogP contribution in [0.5, 0.6) is 11.5 Å². The van der Waals surface area contributed by atoms with Crippen molar-refractivity contribution < 1.29 is 10.2 Å². The zero-order valence-electron chi connectivity index (χ0n) is 10.7. The van der Waals surface area contributed by atoms with Crippen LogP contribution in [0.1, 0.15) is 31.4 Å². The van der Waals surface area contributed by atoms with Crippen LogP contribution in [0.3, 0.4) is 0 Å². The van der Waals surface area contributed by atoms with Crippen molar-refractivity contribution >= 4 is 0 Å². The molecule has 0 fully saturated rings. The van der Waals surface area contributed by atoms with E-state index in [-0.39, 0.29) is 16.9 Å². The minimum atomic E-state index is -0.302. The number of phenolic OH excluding ortho intramolecular Hbond substituents is 2. The molecule has 0 saturated carbocycles. The summed E-state index contributed by atoms with van der Waals surface area (Å²) in [6, 6.07) is 15.2. The second-order valence-electron chi connectivity index (χ2n) is 4.72. The highest BCUT2D eigenvalue weighted by atomic mass is 16.3. The third-order valence-electron chi connectivity index (χ3n) is 3.73. The van der Waals surface area contributed by atoms with Gasteiger partial charge in [0.2, 0.25) is 0 Å². The van der Waals surface area contributed by atoms with Gasteiger partial charge >= 0.3 is 0 Å². The number of phenols is 2. The lowest BCUT2D eigenvalue weighted by Crippen LogP contribution is -2.22. The van der Waals surface area contributed by atoms with E-state index in [1.54, 1.807) is 6.07 Å². The Kier molecular flexibility index (Phi) is 3.28. The van der Waals surface area contributed by atoms with Crippen LogP contribution >= 0.6 is 0 Å². The lowest BCUT2D eigenvalue weighted by Gasteiger charge is -2.30. The van der Waals surface area contributed by atoms with Gasteiger partial charge in [0, 0.05) is 11.0 Å². The van der Waals surface area contributed by atoms with Crippen LogP contribution in [0, 0.1) is 0 Å². The van der Waals surface area contributed by atoms with E-state index >= 15 is 0 Å². The largest absolute Gasteiger partial charge is 0.504 e. The lowest BCUT2D eigenvalue weighted by atomic mass is 9.74. The van der Waals surface area contributed by atoms with Gasteiger partial charge in [0.05, 0.1) is 0 Å². The first-order valence-electron chi connectivity index (χ1n) is 6.16. The quantitative estimate of drug-likeness (QED) is 0.803. The van der Waals surface area contributed by atoms with Crippen LogP contribution < -0.4 is 0 Å². The standard InChI is InChI=1S/C16H18O2/c1-3-16(2,12-8-5-4-6-9-12)13-10-7-11-14(17)15(13)18/h4-11,17-18H,3H2,1-2H3. The van der Waals surface area contributed by atoms with Crippen molar-refractivity contribution in [3.63, 3.8) is 0 Å². The molecule has 2 aromatic carbocycles. The molecule has 0 heterocycles. The Morgan fingerprint density at radius 3 is 2.22 bits per heavy atom. The minimum Gasteiger partial charge on any atom is -0.504 e. The molecule has 0 aliphatic carbocycles. The second kappa shape index (κ2) is 4.73. The zero-order valence-corrected chi connectivity index (χ0v) is 10.7. The third-order valence-corrected chi connectivity index (χ3v) is 3.73. The van der Waals surface area contributed by atoms with Crippen molar-refractivity contribution in [1.29, 1.82) is 0 Å². The van der Waals surface area contributed by atoms with Crippen molar-refractivity contribution in [2.24, 2.45) is 0 Å². The lowest BCUT2D eigenvalue weighted by molar-refractivity contribution is 0.387. The Labute approximate surface area is 108 Å². The van der Waals surface area contributed by atoms with E-state index in [0.717, 1.165) is 17.5 Å². The van der Waals surface area contributed by atoms with Crippen molar-refractivity contribution in [3.8, 4) is 11.5 Å². The summed E-state index contributed by atoms with van der Waals surface area (Å²) in [7, 11) is 0. The number of hydrogen-bond acceptors (Lipinski definition) is 2. The van der Waals surface area contributed by atoms with Gasteiger partial charge in [-0.15, -0.1) is 0 Å². The molecule has 0 saturated heterocycles. The van der Waals surface area contributed by atoms with E-state index in [0.29, 0.717) is 0 Å². The minimum absolute atomic E-state index is 0.0225. The van der Waals surface area contributed by atoms with Gasteiger partial charge in [-0.1, -0.05) is 56.3 Å². The summed E-state index contributed by atoms with van der Waals surface area (Å²) in [5.74, 6) is -0.0891.